The maximum Gasteiger partial charge on any atom is 0.253 e. The van der Waals surface area contributed by atoms with Gasteiger partial charge in [-0.25, -0.2) is 4.39 Å². The average molecular weight is 306 g/mol. The van der Waals surface area contributed by atoms with E-state index in [9.17, 15) is 9.18 Å². The van der Waals surface area contributed by atoms with Gasteiger partial charge in [-0.1, -0.05) is 6.07 Å². The predicted molar refractivity (Wildman–Crippen MR) is 64.1 cm³/mol. The molecule has 0 aliphatic carbocycles. The van der Waals surface area contributed by atoms with Gasteiger partial charge in [-0.3, -0.25) is 4.79 Å². The number of nitrogens with one attached hydrogen (secondary N) is 1. The maximum atomic E-state index is 13.2. The molecule has 6 heteroatoms. The first kappa shape index (κ1) is 14.1. The lowest BCUT2D eigenvalue weighted by molar-refractivity contribution is 0.0722. The van der Waals surface area contributed by atoms with Crippen molar-refractivity contribution in [1.82, 2.24) is 5.32 Å². The van der Waals surface area contributed by atoms with Gasteiger partial charge in [-0.15, -0.1) is 0 Å². The van der Waals surface area contributed by atoms with E-state index in [0.29, 0.717) is 0 Å². The van der Waals surface area contributed by atoms with Crippen LogP contribution in [-0.4, -0.2) is 34.9 Å². The fraction of sp³-hybridized carbons (Fsp3) is 0.364. The van der Waals surface area contributed by atoms with Gasteiger partial charge in [0.2, 0.25) is 0 Å². The molecule has 1 aromatic carbocycles. The molecule has 0 aromatic heterocycles. The minimum Gasteiger partial charge on any atom is -0.394 e. The van der Waals surface area contributed by atoms with Gasteiger partial charge in [-0.05, 0) is 35.0 Å². The van der Waals surface area contributed by atoms with Crippen LogP contribution in [0.2, 0.25) is 0 Å². The highest BCUT2D eigenvalue weighted by Crippen LogP contribution is 2.20. The highest BCUT2D eigenvalue weighted by Gasteiger charge is 2.26. The second kappa shape index (κ2) is 5.57. The minimum atomic E-state index is -1.14. The number of aliphatic hydroxyl groups is 2. The van der Waals surface area contributed by atoms with E-state index in [2.05, 4.69) is 21.2 Å². The molecule has 0 fully saturated rings. The van der Waals surface area contributed by atoms with E-state index in [1.807, 2.05) is 0 Å². The molecule has 0 unspecified atom stereocenters. The molecule has 0 saturated heterocycles. The summed E-state index contributed by atoms with van der Waals surface area (Å²) in [5.74, 6) is -1.12. The number of carbonyl (C=O) groups excluding carboxylic acids is 1. The Hall–Kier alpha value is -0.980. The Morgan fingerprint density at radius 2 is 2.06 bits per heavy atom. The Bertz CT molecular complexity index is 421. The number of rotatable bonds is 4. The van der Waals surface area contributed by atoms with Gasteiger partial charge in [0.05, 0.1) is 28.8 Å². The summed E-state index contributed by atoms with van der Waals surface area (Å²) in [5, 5.41) is 20.5. The van der Waals surface area contributed by atoms with Gasteiger partial charge >= 0.3 is 0 Å². The SMILES string of the molecule is CC(CO)(CO)NC(=O)c1cccc(F)c1Br. The van der Waals surface area contributed by atoms with Crippen LogP contribution in [0.15, 0.2) is 22.7 Å². The van der Waals surface area contributed by atoms with Crippen molar-refractivity contribution in [3.8, 4) is 0 Å². The molecule has 0 aliphatic heterocycles. The Labute approximate surface area is 107 Å². The van der Waals surface area contributed by atoms with Crippen molar-refractivity contribution in [2.75, 3.05) is 13.2 Å². The third kappa shape index (κ3) is 3.24. The highest BCUT2D eigenvalue weighted by molar-refractivity contribution is 9.10. The number of carbonyl (C=O) groups is 1. The molecule has 0 radical (unpaired) electrons. The van der Waals surface area contributed by atoms with Gasteiger partial charge in [0.1, 0.15) is 5.82 Å². The first-order valence-corrected chi connectivity index (χ1v) is 5.71. The molecule has 17 heavy (non-hydrogen) atoms. The minimum absolute atomic E-state index is 0.0516. The summed E-state index contributed by atoms with van der Waals surface area (Å²) in [5.41, 5.74) is -1.03. The van der Waals surface area contributed by atoms with Crippen LogP contribution < -0.4 is 5.32 Å². The molecule has 0 spiro atoms. The lowest BCUT2D eigenvalue weighted by Crippen LogP contribution is -2.51. The molecular weight excluding hydrogens is 293 g/mol. The predicted octanol–water partition coefficient (Wildman–Crippen LogP) is 1.06. The van der Waals surface area contributed by atoms with Crippen LogP contribution in [0, 0.1) is 5.82 Å². The second-order valence-electron chi connectivity index (χ2n) is 3.93. The second-order valence-corrected chi connectivity index (χ2v) is 4.73. The summed E-state index contributed by atoms with van der Waals surface area (Å²) in [6.07, 6.45) is 0. The van der Waals surface area contributed by atoms with Crippen molar-refractivity contribution < 1.29 is 19.4 Å². The lowest BCUT2D eigenvalue weighted by Gasteiger charge is -2.26. The Balaban J connectivity index is 2.94. The van der Waals surface area contributed by atoms with Crippen molar-refractivity contribution in [3.63, 3.8) is 0 Å². The maximum absolute atomic E-state index is 13.2. The number of hydrogen-bond acceptors (Lipinski definition) is 3. The third-order valence-electron chi connectivity index (χ3n) is 2.31. The van der Waals surface area contributed by atoms with Crippen LogP contribution in [0.4, 0.5) is 4.39 Å². The molecule has 1 rings (SSSR count). The first-order valence-electron chi connectivity index (χ1n) is 4.92. The molecule has 3 N–H and O–H groups in total. The fourth-order valence-electron chi connectivity index (χ4n) is 1.15. The Morgan fingerprint density at radius 3 is 2.59 bits per heavy atom. The summed E-state index contributed by atoms with van der Waals surface area (Å²) in [6.45, 7) is 0.655. The molecule has 94 valence electrons. The monoisotopic (exact) mass is 305 g/mol. The number of aliphatic hydroxyl groups excluding tert-OH is 2. The van der Waals surface area contributed by atoms with E-state index < -0.39 is 30.5 Å². The van der Waals surface area contributed by atoms with E-state index in [-0.39, 0.29) is 10.0 Å². The number of amides is 1. The standard InChI is InChI=1S/C11H13BrFNO3/c1-11(5-15,6-16)14-10(17)7-3-2-4-8(13)9(7)12/h2-4,15-16H,5-6H2,1H3,(H,14,17). The van der Waals surface area contributed by atoms with E-state index in [0.717, 1.165) is 0 Å². The zero-order valence-corrected chi connectivity index (χ0v) is 10.8. The zero-order chi connectivity index (χ0) is 13.1. The van der Waals surface area contributed by atoms with Gasteiger partial charge < -0.3 is 15.5 Å². The molecule has 0 aliphatic rings. The summed E-state index contributed by atoms with van der Waals surface area (Å²) < 4.78 is 13.3. The molecule has 0 heterocycles. The normalized spacial score (nSPS) is 11.4. The molecular formula is C11H13BrFNO3. The molecule has 0 saturated carbocycles. The van der Waals surface area contributed by atoms with E-state index in [1.54, 1.807) is 0 Å². The highest BCUT2D eigenvalue weighted by atomic mass is 79.9. The van der Waals surface area contributed by atoms with Gasteiger partial charge in [0, 0.05) is 0 Å². The molecule has 0 atom stereocenters. The van der Waals surface area contributed by atoms with E-state index in [1.165, 1.54) is 25.1 Å². The van der Waals surface area contributed by atoms with Crippen molar-refractivity contribution in [2.24, 2.45) is 0 Å². The summed E-state index contributed by atoms with van der Waals surface area (Å²) in [7, 11) is 0. The zero-order valence-electron chi connectivity index (χ0n) is 9.20. The fourth-order valence-corrected chi connectivity index (χ4v) is 1.59. The van der Waals surface area contributed by atoms with Crippen LogP contribution in [-0.2, 0) is 0 Å². The van der Waals surface area contributed by atoms with Gasteiger partial charge in [0.25, 0.3) is 5.91 Å². The van der Waals surface area contributed by atoms with Crippen LogP contribution in [0.25, 0.3) is 0 Å². The lowest BCUT2D eigenvalue weighted by atomic mass is 10.0. The van der Waals surface area contributed by atoms with Crippen molar-refractivity contribution in [3.05, 3.63) is 34.1 Å². The third-order valence-corrected chi connectivity index (χ3v) is 3.12. The van der Waals surface area contributed by atoms with Crippen molar-refractivity contribution in [2.45, 2.75) is 12.5 Å². The number of hydrogen-bond donors (Lipinski definition) is 3. The Kier molecular flexibility index (Phi) is 4.62. The molecule has 0 bridgehead atoms. The van der Waals surface area contributed by atoms with Crippen LogP contribution >= 0.6 is 15.9 Å². The van der Waals surface area contributed by atoms with Crippen LogP contribution in [0.1, 0.15) is 17.3 Å². The summed E-state index contributed by atoms with van der Waals surface area (Å²) in [6, 6.07) is 4.07. The number of halogens is 2. The van der Waals surface area contributed by atoms with Crippen molar-refractivity contribution in [1.29, 1.82) is 0 Å². The number of benzene rings is 1. The van der Waals surface area contributed by atoms with Gasteiger partial charge in [-0.2, -0.15) is 0 Å². The topological polar surface area (TPSA) is 69.6 Å². The Morgan fingerprint density at radius 1 is 1.47 bits per heavy atom. The first-order chi connectivity index (χ1) is 7.93. The smallest absolute Gasteiger partial charge is 0.253 e. The largest absolute Gasteiger partial charge is 0.394 e. The molecule has 4 nitrogen and oxygen atoms in total. The molecule has 1 amide bonds. The van der Waals surface area contributed by atoms with Crippen LogP contribution in [0.3, 0.4) is 0 Å². The van der Waals surface area contributed by atoms with E-state index in [4.69, 9.17) is 10.2 Å². The van der Waals surface area contributed by atoms with Crippen LogP contribution in [0.5, 0.6) is 0 Å². The average Bonchev–Trinajstić information content (AvgIpc) is 2.32. The summed E-state index contributed by atoms with van der Waals surface area (Å²) >= 11 is 2.97. The summed E-state index contributed by atoms with van der Waals surface area (Å²) in [4.78, 5) is 11.8. The van der Waals surface area contributed by atoms with Gasteiger partial charge in [0.15, 0.2) is 0 Å². The van der Waals surface area contributed by atoms with E-state index >= 15 is 0 Å². The molecule has 1 aromatic rings. The van der Waals surface area contributed by atoms with Crippen molar-refractivity contribution >= 4 is 21.8 Å². The quantitative estimate of drug-likeness (QED) is 0.779.